The zero-order valence-corrected chi connectivity index (χ0v) is 13.1. The van der Waals surface area contributed by atoms with Gasteiger partial charge in [-0.05, 0) is 35.6 Å². The Kier molecular flexibility index (Phi) is 6.20. The fourth-order valence-corrected chi connectivity index (χ4v) is 2.80. The molecule has 4 nitrogen and oxygen atoms in total. The van der Waals surface area contributed by atoms with Crippen molar-refractivity contribution in [2.75, 3.05) is 6.54 Å². The number of nitrogens with one attached hydrogen (secondary N) is 1. The second-order valence-corrected chi connectivity index (χ2v) is 6.96. The molecule has 2 N–H and O–H groups in total. The average Bonchev–Trinajstić information content (AvgIpc) is 2.84. The molecule has 1 aromatic heterocycles. The number of rotatable bonds is 7. The predicted molar refractivity (Wildman–Crippen MR) is 81.1 cm³/mol. The summed E-state index contributed by atoms with van der Waals surface area (Å²) in [5, 5.41) is 13.6. The Hall–Kier alpha value is -1.36. The Balaban J connectivity index is 2.42. The molecule has 1 unspecified atom stereocenters. The Morgan fingerprint density at radius 2 is 2.05 bits per heavy atom. The summed E-state index contributed by atoms with van der Waals surface area (Å²) < 4.78 is 0. The fourth-order valence-electron chi connectivity index (χ4n) is 2.16. The summed E-state index contributed by atoms with van der Waals surface area (Å²) in [6.07, 6.45) is 1.63. The van der Waals surface area contributed by atoms with E-state index in [1.807, 2.05) is 11.4 Å². The fraction of sp³-hybridized carbons (Fsp3) is 0.600. The molecule has 0 saturated heterocycles. The summed E-state index contributed by atoms with van der Waals surface area (Å²) in [7, 11) is 0. The van der Waals surface area contributed by atoms with Crippen molar-refractivity contribution in [1.29, 1.82) is 0 Å². The van der Waals surface area contributed by atoms with Crippen LogP contribution >= 0.6 is 11.3 Å². The molecule has 0 bridgehead atoms. The monoisotopic (exact) mass is 297 g/mol. The van der Waals surface area contributed by atoms with Crippen LogP contribution in [0.4, 0.5) is 0 Å². The standard InChI is InChI=1S/C15H23NO3S/c1-15(2,3)11(6-7-13(17)18)8-9-16-14(19)12-5-4-10-20-12/h4-5,10-11H,6-9H2,1-3H3,(H,16,19)(H,17,18). The van der Waals surface area contributed by atoms with E-state index in [1.165, 1.54) is 11.3 Å². The molecule has 5 heteroatoms. The van der Waals surface area contributed by atoms with Crippen molar-refractivity contribution in [3.63, 3.8) is 0 Å². The average molecular weight is 297 g/mol. The highest BCUT2D eigenvalue weighted by atomic mass is 32.1. The molecular weight excluding hydrogens is 274 g/mol. The van der Waals surface area contributed by atoms with Gasteiger partial charge in [-0.25, -0.2) is 0 Å². The van der Waals surface area contributed by atoms with Gasteiger partial charge in [0.2, 0.25) is 0 Å². The Labute approximate surface area is 124 Å². The molecule has 1 rings (SSSR count). The first-order chi connectivity index (χ1) is 9.30. The SMILES string of the molecule is CC(C)(C)C(CCNC(=O)c1cccs1)CCC(=O)O. The van der Waals surface area contributed by atoms with E-state index < -0.39 is 5.97 Å². The first-order valence-electron chi connectivity index (χ1n) is 6.84. The minimum atomic E-state index is -0.762. The third-order valence-corrected chi connectivity index (χ3v) is 4.32. The molecule has 0 aliphatic heterocycles. The lowest BCUT2D eigenvalue weighted by molar-refractivity contribution is -0.137. The van der Waals surface area contributed by atoms with Crippen molar-refractivity contribution in [3.8, 4) is 0 Å². The van der Waals surface area contributed by atoms with Crippen molar-refractivity contribution in [1.82, 2.24) is 5.32 Å². The van der Waals surface area contributed by atoms with Crippen LogP contribution in [0.25, 0.3) is 0 Å². The van der Waals surface area contributed by atoms with Gasteiger partial charge in [0.25, 0.3) is 5.91 Å². The summed E-state index contributed by atoms with van der Waals surface area (Å²) >= 11 is 1.42. The van der Waals surface area contributed by atoms with E-state index in [9.17, 15) is 9.59 Å². The van der Waals surface area contributed by atoms with Crippen molar-refractivity contribution in [2.45, 2.75) is 40.0 Å². The highest BCUT2D eigenvalue weighted by Crippen LogP contribution is 2.32. The third-order valence-electron chi connectivity index (χ3n) is 3.45. The second kappa shape index (κ2) is 7.43. The van der Waals surface area contributed by atoms with Crippen LogP contribution in [-0.4, -0.2) is 23.5 Å². The molecule has 0 saturated carbocycles. The molecule has 0 aliphatic carbocycles. The Morgan fingerprint density at radius 1 is 1.35 bits per heavy atom. The number of hydrogen-bond acceptors (Lipinski definition) is 3. The van der Waals surface area contributed by atoms with Gasteiger partial charge in [0, 0.05) is 13.0 Å². The van der Waals surface area contributed by atoms with Crippen molar-refractivity contribution < 1.29 is 14.7 Å². The number of carbonyl (C=O) groups is 2. The minimum Gasteiger partial charge on any atom is -0.481 e. The van der Waals surface area contributed by atoms with Gasteiger partial charge < -0.3 is 10.4 Å². The number of hydrogen-bond donors (Lipinski definition) is 2. The van der Waals surface area contributed by atoms with Crippen LogP contribution in [0.5, 0.6) is 0 Å². The quantitative estimate of drug-likeness (QED) is 0.810. The van der Waals surface area contributed by atoms with Crippen LogP contribution in [0.3, 0.4) is 0 Å². The van der Waals surface area contributed by atoms with Gasteiger partial charge in [0.15, 0.2) is 0 Å². The first-order valence-corrected chi connectivity index (χ1v) is 7.72. The maximum Gasteiger partial charge on any atom is 0.303 e. The summed E-state index contributed by atoms with van der Waals surface area (Å²) in [5.41, 5.74) is 0.0448. The van der Waals surface area contributed by atoms with Crippen LogP contribution in [0, 0.1) is 11.3 Å². The van der Waals surface area contributed by atoms with E-state index in [2.05, 4.69) is 26.1 Å². The Bertz CT molecular complexity index is 434. The van der Waals surface area contributed by atoms with Gasteiger partial charge in [-0.1, -0.05) is 26.8 Å². The van der Waals surface area contributed by atoms with Crippen LogP contribution in [0.1, 0.15) is 49.7 Å². The van der Waals surface area contributed by atoms with Gasteiger partial charge in [0.1, 0.15) is 0 Å². The van der Waals surface area contributed by atoms with E-state index in [1.54, 1.807) is 6.07 Å². The lowest BCUT2D eigenvalue weighted by Crippen LogP contribution is -2.29. The summed E-state index contributed by atoms with van der Waals surface area (Å²) in [6, 6.07) is 3.65. The third kappa shape index (κ3) is 5.74. The molecule has 112 valence electrons. The Morgan fingerprint density at radius 3 is 2.55 bits per heavy atom. The second-order valence-electron chi connectivity index (χ2n) is 6.02. The molecule has 0 aromatic carbocycles. The highest BCUT2D eigenvalue weighted by molar-refractivity contribution is 7.12. The number of carboxylic acid groups (broad SMARTS) is 1. The van der Waals surface area contributed by atoms with Crippen molar-refractivity contribution in [2.24, 2.45) is 11.3 Å². The van der Waals surface area contributed by atoms with E-state index in [4.69, 9.17) is 5.11 Å². The van der Waals surface area contributed by atoms with Crippen LogP contribution in [0.15, 0.2) is 17.5 Å². The summed E-state index contributed by atoms with van der Waals surface area (Å²) in [5.74, 6) is -0.532. The smallest absolute Gasteiger partial charge is 0.303 e. The zero-order valence-electron chi connectivity index (χ0n) is 12.3. The number of carboxylic acids is 1. The normalized spacial score (nSPS) is 12.9. The highest BCUT2D eigenvalue weighted by Gasteiger charge is 2.24. The minimum absolute atomic E-state index is 0.0448. The molecule has 1 heterocycles. The topological polar surface area (TPSA) is 66.4 Å². The van der Waals surface area contributed by atoms with Gasteiger partial charge >= 0.3 is 5.97 Å². The molecular formula is C15H23NO3S. The van der Waals surface area contributed by atoms with E-state index in [0.717, 1.165) is 6.42 Å². The largest absolute Gasteiger partial charge is 0.481 e. The van der Waals surface area contributed by atoms with Gasteiger partial charge in [-0.3, -0.25) is 9.59 Å². The molecule has 0 radical (unpaired) electrons. The van der Waals surface area contributed by atoms with Crippen LogP contribution in [0.2, 0.25) is 0 Å². The summed E-state index contributed by atoms with van der Waals surface area (Å²) in [6.45, 7) is 6.92. The van der Waals surface area contributed by atoms with Crippen molar-refractivity contribution >= 4 is 23.2 Å². The van der Waals surface area contributed by atoms with Crippen LogP contribution < -0.4 is 5.32 Å². The zero-order chi connectivity index (χ0) is 15.2. The van der Waals surface area contributed by atoms with Crippen molar-refractivity contribution in [3.05, 3.63) is 22.4 Å². The maximum atomic E-state index is 11.8. The van der Waals surface area contributed by atoms with E-state index >= 15 is 0 Å². The first kappa shape index (κ1) is 16.7. The molecule has 1 amide bonds. The van der Waals surface area contributed by atoms with Gasteiger partial charge in [-0.15, -0.1) is 11.3 Å². The van der Waals surface area contributed by atoms with E-state index in [-0.39, 0.29) is 23.7 Å². The summed E-state index contributed by atoms with van der Waals surface area (Å²) in [4.78, 5) is 23.2. The van der Waals surface area contributed by atoms with Gasteiger partial charge in [-0.2, -0.15) is 0 Å². The number of thiophene rings is 1. The lowest BCUT2D eigenvalue weighted by Gasteiger charge is -2.30. The molecule has 20 heavy (non-hydrogen) atoms. The lowest BCUT2D eigenvalue weighted by atomic mass is 9.76. The number of aliphatic carboxylic acids is 1. The molecule has 0 fully saturated rings. The molecule has 0 spiro atoms. The maximum absolute atomic E-state index is 11.8. The van der Waals surface area contributed by atoms with Gasteiger partial charge in [0.05, 0.1) is 4.88 Å². The van der Waals surface area contributed by atoms with E-state index in [0.29, 0.717) is 17.8 Å². The number of carbonyl (C=O) groups excluding carboxylic acids is 1. The number of amides is 1. The molecule has 0 aliphatic rings. The molecule has 1 aromatic rings. The molecule has 1 atom stereocenters. The van der Waals surface area contributed by atoms with Crippen LogP contribution in [-0.2, 0) is 4.79 Å². The predicted octanol–water partition coefficient (Wildman–Crippen LogP) is 3.40.